The van der Waals surface area contributed by atoms with Crippen LogP contribution < -0.4 is 5.73 Å². The normalized spacial score (nSPS) is 25.8. The molecule has 0 unspecified atom stereocenters. The second-order valence-corrected chi connectivity index (χ2v) is 3.98. The molecule has 2 aliphatic rings. The van der Waals surface area contributed by atoms with Gasteiger partial charge >= 0.3 is 0 Å². The number of ether oxygens (including phenoxy) is 1. The molecule has 74 valence electrons. The van der Waals surface area contributed by atoms with Gasteiger partial charge in [0.05, 0.1) is 13.2 Å². The van der Waals surface area contributed by atoms with E-state index >= 15 is 0 Å². The summed E-state index contributed by atoms with van der Waals surface area (Å²) in [5.41, 5.74) is 5.24. The minimum atomic E-state index is -0.371. The fraction of sp³-hybridized carbons (Fsp3) is 0.889. The second kappa shape index (κ2) is 3.27. The molecule has 2 aliphatic heterocycles. The summed E-state index contributed by atoms with van der Waals surface area (Å²) in [6.07, 6.45) is 2.26. The minimum absolute atomic E-state index is 0.207. The summed E-state index contributed by atoms with van der Waals surface area (Å²) < 4.78 is 5.08. The van der Waals surface area contributed by atoms with Crippen molar-refractivity contribution in [2.75, 3.05) is 32.8 Å². The van der Waals surface area contributed by atoms with E-state index in [0.29, 0.717) is 19.8 Å². The molecule has 13 heavy (non-hydrogen) atoms. The van der Waals surface area contributed by atoms with Crippen molar-refractivity contribution in [1.29, 1.82) is 0 Å². The van der Waals surface area contributed by atoms with Crippen molar-refractivity contribution in [3.8, 4) is 0 Å². The first-order valence-corrected chi connectivity index (χ1v) is 4.86. The fourth-order valence-corrected chi connectivity index (χ4v) is 1.93. The first kappa shape index (κ1) is 8.97. The summed E-state index contributed by atoms with van der Waals surface area (Å²) in [6, 6.07) is 0. The van der Waals surface area contributed by atoms with Crippen LogP contribution in [-0.4, -0.2) is 43.7 Å². The Balaban J connectivity index is 2.01. The molecule has 2 rings (SSSR count). The van der Waals surface area contributed by atoms with E-state index in [1.807, 2.05) is 4.90 Å². The first-order valence-electron chi connectivity index (χ1n) is 4.86. The number of carbonyl (C=O) groups excluding carboxylic acids is 1. The lowest BCUT2D eigenvalue weighted by Crippen LogP contribution is -2.58. The summed E-state index contributed by atoms with van der Waals surface area (Å²) in [5, 5.41) is 0. The molecule has 0 spiro atoms. The monoisotopic (exact) mass is 184 g/mol. The van der Waals surface area contributed by atoms with Gasteiger partial charge in [-0.05, 0) is 12.8 Å². The maximum absolute atomic E-state index is 11.9. The van der Waals surface area contributed by atoms with Crippen LogP contribution in [0.1, 0.15) is 12.8 Å². The number of hydrogen-bond acceptors (Lipinski definition) is 3. The number of likely N-dealkylation sites (tertiary alicyclic amines) is 1. The molecular weight excluding hydrogens is 168 g/mol. The zero-order valence-electron chi connectivity index (χ0n) is 7.79. The standard InChI is InChI=1S/C9H16N2O2/c10-5-9(6-13-7-9)8(12)11-3-1-2-4-11/h1-7,10H2. The van der Waals surface area contributed by atoms with Gasteiger partial charge in [0.15, 0.2) is 0 Å². The zero-order chi connectivity index (χ0) is 9.31. The third-order valence-electron chi connectivity index (χ3n) is 2.99. The van der Waals surface area contributed by atoms with Crippen molar-refractivity contribution in [2.45, 2.75) is 12.8 Å². The molecule has 0 aromatic heterocycles. The van der Waals surface area contributed by atoms with E-state index in [9.17, 15) is 4.79 Å². The molecule has 0 aromatic carbocycles. The third kappa shape index (κ3) is 1.34. The molecule has 0 aromatic rings. The van der Waals surface area contributed by atoms with Crippen LogP contribution in [-0.2, 0) is 9.53 Å². The van der Waals surface area contributed by atoms with Crippen LogP contribution in [0.25, 0.3) is 0 Å². The lowest BCUT2D eigenvalue weighted by molar-refractivity contribution is -0.169. The molecule has 0 atom stereocenters. The van der Waals surface area contributed by atoms with Crippen molar-refractivity contribution in [3.63, 3.8) is 0 Å². The Morgan fingerprint density at radius 1 is 1.38 bits per heavy atom. The molecule has 0 bridgehead atoms. The fourth-order valence-electron chi connectivity index (χ4n) is 1.93. The quantitative estimate of drug-likeness (QED) is 0.634. The molecule has 0 aliphatic carbocycles. The molecular formula is C9H16N2O2. The van der Waals surface area contributed by atoms with Gasteiger partial charge < -0.3 is 15.4 Å². The van der Waals surface area contributed by atoms with Crippen LogP contribution in [0.3, 0.4) is 0 Å². The zero-order valence-corrected chi connectivity index (χ0v) is 7.79. The average Bonchev–Trinajstić information content (AvgIpc) is 2.54. The molecule has 2 saturated heterocycles. The van der Waals surface area contributed by atoms with Crippen LogP contribution >= 0.6 is 0 Å². The van der Waals surface area contributed by atoms with Crippen LogP contribution in [0.5, 0.6) is 0 Å². The smallest absolute Gasteiger partial charge is 0.234 e. The molecule has 0 radical (unpaired) electrons. The van der Waals surface area contributed by atoms with Crippen molar-refractivity contribution in [1.82, 2.24) is 4.90 Å². The molecule has 4 heteroatoms. The summed E-state index contributed by atoms with van der Waals surface area (Å²) >= 11 is 0. The Morgan fingerprint density at radius 3 is 2.38 bits per heavy atom. The first-order chi connectivity index (χ1) is 6.28. The summed E-state index contributed by atoms with van der Waals surface area (Å²) in [5.74, 6) is 0.207. The molecule has 2 fully saturated rings. The third-order valence-corrected chi connectivity index (χ3v) is 2.99. The van der Waals surface area contributed by atoms with Crippen molar-refractivity contribution < 1.29 is 9.53 Å². The topological polar surface area (TPSA) is 55.6 Å². The van der Waals surface area contributed by atoms with E-state index in [1.54, 1.807) is 0 Å². The SMILES string of the molecule is NCC1(C(=O)N2CCCC2)COC1. The average molecular weight is 184 g/mol. The van der Waals surface area contributed by atoms with E-state index in [0.717, 1.165) is 25.9 Å². The predicted molar refractivity (Wildman–Crippen MR) is 48.1 cm³/mol. The van der Waals surface area contributed by atoms with Gasteiger partial charge in [0, 0.05) is 19.6 Å². The highest BCUT2D eigenvalue weighted by Gasteiger charge is 2.47. The van der Waals surface area contributed by atoms with Crippen LogP contribution in [0, 0.1) is 5.41 Å². The molecule has 4 nitrogen and oxygen atoms in total. The Kier molecular flexibility index (Phi) is 2.26. The van der Waals surface area contributed by atoms with Gasteiger partial charge in [-0.2, -0.15) is 0 Å². The number of nitrogens with two attached hydrogens (primary N) is 1. The van der Waals surface area contributed by atoms with Gasteiger partial charge in [-0.3, -0.25) is 4.79 Å². The second-order valence-electron chi connectivity index (χ2n) is 3.98. The highest BCUT2D eigenvalue weighted by atomic mass is 16.5. The molecule has 2 N–H and O–H groups in total. The van der Waals surface area contributed by atoms with E-state index in [4.69, 9.17) is 10.5 Å². The highest BCUT2D eigenvalue weighted by molar-refractivity contribution is 5.84. The number of rotatable bonds is 2. The van der Waals surface area contributed by atoms with Crippen molar-refractivity contribution in [3.05, 3.63) is 0 Å². The van der Waals surface area contributed by atoms with E-state index in [2.05, 4.69) is 0 Å². The minimum Gasteiger partial charge on any atom is -0.379 e. The predicted octanol–water partition coefficient (Wildman–Crippen LogP) is -0.416. The Hall–Kier alpha value is -0.610. The van der Waals surface area contributed by atoms with Gasteiger partial charge in [-0.25, -0.2) is 0 Å². The number of hydrogen-bond donors (Lipinski definition) is 1. The van der Waals surface area contributed by atoms with Crippen molar-refractivity contribution in [2.24, 2.45) is 11.1 Å². The highest BCUT2D eigenvalue weighted by Crippen LogP contribution is 2.29. The van der Waals surface area contributed by atoms with Gasteiger partial charge in [-0.1, -0.05) is 0 Å². The van der Waals surface area contributed by atoms with Crippen LogP contribution in [0.15, 0.2) is 0 Å². The van der Waals surface area contributed by atoms with Gasteiger partial charge in [-0.15, -0.1) is 0 Å². The van der Waals surface area contributed by atoms with Crippen LogP contribution in [0.2, 0.25) is 0 Å². The molecule has 0 saturated carbocycles. The Labute approximate surface area is 78.0 Å². The Morgan fingerprint density at radius 2 is 2.00 bits per heavy atom. The summed E-state index contributed by atoms with van der Waals surface area (Å²) in [4.78, 5) is 13.9. The van der Waals surface area contributed by atoms with Gasteiger partial charge in [0.25, 0.3) is 0 Å². The molecule has 1 amide bonds. The van der Waals surface area contributed by atoms with Gasteiger partial charge in [0.1, 0.15) is 5.41 Å². The number of carbonyl (C=O) groups is 1. The van der Waals surface area contributed by atoms with E-state index < -0.39 is 0 Å². The van der Waals surface area contributed by atoms with Gasteiger partial charge in [0.2, 0.25) is 5.91 Å². The van der Waals surface area contributed by atoms with E-state index in [1.165, 1.54) is 0 Å². The lowest BCUT2D eigenvalue weighted by Gasteiger charge is -2.41. The van der Waals surface area contributed by atoms with E-state index in [-0.39, 0.29) is 11.3 Å². The summed E-state index contributed by atoms with van der Waals surface area (Å²) in [6.45, 7) is 3.25. The number of amides is 1. The van der Waals surface area contributed by atoms with Crippen LogP contribution in [0.4, 0.5) is 0 Å². The number of nitrogens with zero attached hydrogens (tertiary/aromatic N) is 1. The lowest BCUT2D eigenvalue weighted by atomic mass is 9.84. The largest absolute Gasteiger partial charge is 0.379 e. The van der Waals surface area contributed by atoms with Crippen molar-refractivity contribution >= 4 is 5.91 Å². The Bertz CT molecular complexity index is 202. The maximum atomic E-state index is 11.9. The molecule has 2 heterocycles. The maximum Gasteiger partial charge on any atom is 0.234 e. The summed E-state index contributed by atoms with van der Waals surface area (Å²) in [7, 11) is 0.